The van der Waals surface area contributed by atoms with Crippen molar-refractivity contribution in [3.8, 4) is 0 Å². The van der Waals surface area contributed by atoms with Crippen LogP contribution in [-0.2, 0) is 9.59 Å². The Hall–Kier alpha value is -2.54. The number of hydrogen-bond donors (Lipinski definition) is 0. The zero-order valence-corrected chi connectivity index (χ0v) is 18.1. The standard InChI is InChI=1S/C22H22BrFN2O3/c1-4-22(2,3)26(20(28)14-5-9-16(24)10-6-14)18-13-19(27)25(21(18)29)17-11-7-15(23)8-12-17/h5-12,18H,4,13H2,1-3H3. The first kappa shape index (κ1) is 21.2. The van der Waals surface area contributed by atoms with Gasteiger partial charge >= 0.3 is 0 Å². The summed E-state index contributed by atoms with van der Waals surface area (Å²) >= 11 is 3.34. The van der Waals surface area contributed by atoms with Gasteiger partial charge in [0, 0.05) is 15.6 Å². The number of amides is 3. The molecular formula is C22H22BrFN2O3. The van der Waals surface area contributed by atoms with Crippen molar-refractivity contribution in [2.45, 2.75) is 45.2 Å². The van der Waals surface area contributed by atoms with Gasteiger partial charge in [0.15, 0.2) is 0 Å². The molecule has 1 aliphatic heterocycles. The fourth-order valence-corrected chi connectivity index (χ4v) is 3.68. The van der Waals surface area contributed by atoms with Crippen LogP contribution in [0.3, 0.4) is 0 Å². The molecule has 1 unspecified atom stereocenters. The van der Waals surface area contributed by atoms with Gasteiger partial charge in [0.1, 0.15) is 11.9 Å². The Kier molecular flexibility index (Phi) is 5.89. The second-order valence-electron chi connectivity index (χ2n) is 7.61. The van der Waals surface area contributed by atoms with Crippen LogP contribution in [0.25, 0.3) is 0 Å². The summed E-state index contributed by atoms with van der Waals surface area (Å²) in [6.45, 7) is 5.63. The number of imide groups is 1. The number of anilines is 1. The van der Waals surface area contributed by atoms with E-state index in [9.17, 15) is 18.8 Å². The first-order valence-corrected chi connectivity index (χ1v) is 10.2. The lowest BCUT2D eigenvalue weighted by Crippen LogP contribution is -2.55. The molecule has 0 N–H and O–H groups in total. The maximum absolute atomic E-state index is 13.3. The molecule has 7 heteroatoms. The van der Waals surface area contributed by atoms with Gasteiger partial charge in [-0.2, -0.15) is 0 Å². The van der Waals surface area contributed by atoms with E-state index in [1.807, 2.05) is 20.8 Å². The van der Waals surface area contributed by atoms with Crippen LogP contribution in [0.2, 0.25) is 0 Å². The van der Waals surface area contributed by atoms with Crippen LogP contribution in [-0.4, -0.2) is 34.2 Å². The Labute approximate surface area is 177 Å². The van der Waals surface area contributed by atoms with E-state index in [0.717, 1.165) is 9.37 Å². The Bertz CT molecular complexity index is 942. The molecule has 2 aromatic rings. The Balaban J connectivity index is 1.99. The molecule has 0 aliphatic carbocycles. The van der Waals surface area contributed by atoms with E-state index in [4.69, 9.17) is 0 Å². The van der Waals surface area contributed by atoms with Gasteiger partial charge in [-0.25, -0.2) is 9.29 Å². The molecule has 1 fully saturated rings. The summed E-state index contributed by atoms with van der Waals surface area (Å²) in [5.74, 6) is -1.64. The highest BCUT2D eigenvalue weighted by Gasteiger charge is 2.48. The third-order valence-electron chi connectivity index (χ3n) is 5.35. The minimum atomic E-state index is -0.918. The highest BCUT2D eigenvalue weighted by molar-refractivity contribution is 9.10. The van der Waals surface area contributed by atoms with Crippen LogP contribution in [0.5, 0.6) is 0 Å². The summed E-state index contributed by atoms with van der Waals surface area (Å²) < 4.78 is 14.1. The summed E-state index contributed by atoms with van der Waals surface area (Å²) in [4.78, 5) is 41.9. The topological polar surface area (TPSA) is 57.7 Å². The quantitative estimate of drug-likeness (QED) is 0.614. The van der Waals surface area contributed by atoms with Gasteiger partial charge in [-0.15, -0.1) is 0 Å². The van der Waals surface area contributed by atoms with Crippen LogP contribution in [0, 0.1) is 5.82 Å². The number of carbonyl (C=O) groups is 3. The number of hydrogen-bond acceptors (Lipinski definition) is 3. The zero-order chi connectivity index (χ0) is 21.3. The maximum Gasteiger partial charge on any atom is 0.257 e. The Morgan fingerprint density at radius 1 is 1.14 bits per heavy atom. The predicted molar refractivity (Wildman–Crippen MR) is 112 cm³/mol. The van der Waals surface area contributed by atoms with Crippen LogP contribution in [0.1, 0.15) is 44.0 Å². The number of benzene rings is 2. The van der Waals surface area contributed by atoms with Crippen molar-refractivity contribution in [1.82, 2.24) is 4.90 Å². The van der Waals surface area contributed by atoms with E-state index in [1.54, 1.807) is 24.3 Å². The van der Waals surface area contributed by atoms with E-state index in [-0.39, 0.29) is 17.9 Å². The van der Waals surface area contributed by atoms with Gasteiger partial charge in [0.2, 0.25) is 5.91 Å². The maximum atomic E-state index is 13.3. The van der Waals surface area contributed by atoms with Gasteiger partial charge in [-0.05, 0) is 68.8 Å². The third kappa shape index (κ3) is 4.10. The Morgan fingerprint density at radius 2 is 1.72 bits per heavy atom. The van der Waals surface area contributed by atoms with Crippen LogP contribution in [0.4, 0.5) is 10.1 Å². The largest absolute Gasteiger partial charge is 0.321 e. The molecule has 1 atom stereocenters. The second-order valence-corrected chi connectivity index (χ2v) is 8.53. The summed E-state index contributed by atoms with van der Waals surface area (Å²) in [6, 6.07) is 11.1. The molecule has 1 heterocycles. The van der Waals surface area contributed by atoms with Crippen molar-refractivity contribution in [2.75, 3.05) is 4.90 Å². The lowest BCUT2D eigenvalue weighted by atomic mass is 9.94. The van der Waals surface area contributed by atoms with Crippen molar-refractivity contribution in [1.29, 1.82) is 0 Å². The monoisotopic (exact) mass is 460 g/mol. The second kappa shape index (κ2) is 8.06. The van der Waals surface area contributed by atoms with Crippen molar-refractivity contribution in [2.24, 2.45) is 0 Å². The third-order valence-corrected chi connectivity index (χ3v) is 5.88. The molecule has 0 spiro atoms. The predicted octanol–water partition coefficient (Wildman–Crippen LogP) is 4.55. The minimum absolute atomic E-state index is 0.0920. The molecule has 2 aromatic carbocycles. The first-order chi connectivity index (χ1) is 13.7. The van der Waals surface area contributed by atoms with Crippen LogP contribution < -0.4 is 4.90 Å². The highest BCUT2D eigenvalue weighted by atomic mass is 79.9. The van der Waals surface area contributed by atoms with Gasteiger partial charge < -0.3 is 4.90 Å². The first-order valence-electron chi connectivity index (χ1n) is 9.37. The van der Waals surface area contributed by atoms with Crippen molar-refractivity contribution in [3.63, 3.8) is 0 Å². The lowest BCUT2D eigenvalue weighted by molar-refractivity contribution is -0.123. The molecule has 0 aromatic heterocycles. The van der Waals surface area contributed by atoms with Crippen molar-refractivity contribution >= 4 is 39.3 Å². The molecule has 3 rings (SSSR count). The molecular weight excluding hydrogens is 439 g/mol. The molecule has 0 radical (unpaired) electrons. The molecule has 152 valence electrons. The van der Waals surface area contributed by atoms with Gasteiger partial charge in [-0.1, -0.05) is 22.9 Å². The number of rotatable bonds is 5. The van der Waals surface area contributed by atoms with Crippen molar-refractivity contribution in [3.05, 3.63) is 64.4 Å². The number of halogens is 2. The van der Waals surface area contributed by atoms with Crippen molar-refractivity contribution < 1.29 is 18.8 Å². The van der Waals surface area contributed by atoms with Gasteiger partial charge in [0.25, 0.3) is 11.8 Å². The van der Waals surface area contributed by atoms with E-state index in [1.165, 1.54) is 29.2 Å². The lowest BCUT2D eigenvalue weighted by Gasteiger charge is -2.41. The number of nitrogens with zero attached hydrogens (tertiary/aromatic N) is 2. The number of carbonyl (C=O) groups excluding carboxylic acids is 3. The molecule has 29 heavy (non-hydrogen) atoms. The summed E-state index contributed by atoms with van der Waals surface area (Å²) in [5, 5.41) is 0. The molecule has 0 bridgehead atoms. The molecule has 3 amide bonds. The molecule has 1 saturated heterocycles. The normalized spacial score (nSPS) is 17.0. The van der Waals surface area contributed by atoms with Gasteiger partial charge in [-0.3, -0.25) is 14.4 Å². The minimum Gasteiger partial charge on any atom is -0.321 e. The van der Waals surface area contributed by atoms with E-state index >= 15 is 0 Å². The van der Waals surface area contributed by atoms with E-state index < -0.39 is 29.2 Å². The van der Waals surface area contributed by atoms with E-state index in [2.05, 4.69) is 15.9 Å². The average Bonchev–Trinajstić information content (AvgIpc) is 2.97. The fraction of sp³-hybridized carbons (Fsp3) is 0.318. The van der Waals surface area contributed by atoms with E-state index in [0.29, 0.717) is 12.1 Å². The smallest absolute Gasteiger partial charge is 0.257 e. The average molecular weight is 461 g/mol. The summed E-state index contributed by atoms with van der Waals surface area (Å²) in [5.41, 5.74) is 0.0615. The molecule has 0 saturated carbocycles. The Morgan fingerprint density at radius 3 is 2.28 bits per heavy atom. The zero-order valence-electron chi connectivity index (χ0n) is 16.5. The molecule has 1 aliphatic rings. The van der Waals surface area contributed by atoms with Gasteiger partial charge in [0.05, 0.1) is 12.1 Å². The summed E-state index contributed by atoms with van der Waals surface area (Å²) in [7, 11) is 0. The van der Waals surface area contributed by atoms with Crippen LogP contribution >= 0.6 is 15.9 Å². The molecule has 5 nitrogen and oxygen atoms in total. The highest BCUT2D eigenvalue weighted by Crippen LogP contribution is 2.32. The fourth-order valence-electron chi connectivity index (χ4n) is 3.42. The SMILES string of the molecule is CCC(C)(C)N(C(=O)c1ccc(F)cc1)C1CC(=O)N(c2ccc(Br)cc2)C1=O. The van der Waals surface area contributed by atoms with Crippen LogP contribution in [0.15, 0.2) is 53.0 Å². The summed E-state index contributed by atoms with van der Waals surface area (Å²) in [6.07, 6.45) is 0.488.